The first-order valence-corrected chi connectivity index (χ1v) is 6.59. The summed E-state index contributed by atoms with van der Waals surface area (Å²) in [6, 6.07) is 17.4. The van der Waals surface area contributed by atoms with Crippen LogP contribution in [-0.2, 0) is 0 Å². The van der Waals surface area contributed by atoms with Crippen molar-refractivity contribution in [3.05, 3.63) is 70.8 Å². The number of nitrogens with zero attached hydrogens (tertiary/aromatic N) is 3. The number of azo groups is 1. The van der Waals surface area contributed by atoms with E-state index in [1.54, 1.807) is 36.4 Å². The van der Waals surface area contributed by atoms with Crippen LogP contribution in [0.5, 0.6) is 0 Å². The standard InChI is InChI=1S/C16H12N4O2/c17-16-13-9-5-4-8-12(13)15(20(21)22)10-14(16)19-18-11-6-2-1-3-7-11/h1-10H,17H2. The molecule has 0 spiro atoms. The summed E-state index contributed by atoms with van der Waals surface area (Å²) >= 11 is 0. The summed E-state index contributed by atoms with van der Waals surface area (Å²) in [5, 5.41) is 20.5. The molecule has 3 rings (SSSR count). The second-order valence-corrected chi connectivity index (χ2v) is 4.67. The number of fused-ring (bicyclic) bond motifs is 1. The first-order chi connectivity index (χ1) is 10.7. The van der Waals surface area contributed by atoms with Gasteiger partial charge in [0.1, 0.15) is 5.69 Å². The lowest BCUT2D eigenvalue weighted by atomic mass is 10.1. The van der Waals surface area contributed by atoms with Gasteiger partial charge in [-0.2, -0.15) is 5.11 Å². The third kappa shape index (κ3) is 2.49. The highest BCUT2D eigenvalue weighted by molar-refractivity contribution is 6.03. The molecule has 0 heterocycles. The third-order valence-electron chi connectivity index (χ3n) is 3.27. The number of nitrogen functional groups attached to an aromatic ring is 1. The van der Waals surface area contributed by atoms with Gasteiger partial charge in [-0.25, -0.2) is 0 Å². The van der Waals surface area contributed by atoms with Crippen LogP contribution in [0.2, 0.25) is 0 Å². The van der Waals surface area contributed by atoms with E-state index in [1.165, 1.54) is 6.07 Å². The number of nitro groups is 1. The second-order valence-electron chi connectivity index (χ2n) is 4.67. The van der Waals surface area contributed by atoms with E-state index in [9.17, 15) is 10.1 Å². The minimum absolute atomic E-state index is 0.0354. The molecular formula is C16H12N4O2. The van der Waals surface area contributed by atoms with Crippen molar-refractivity contribution >= 4 is 33.5 Å². The Balaban J connectivity index is 2.16. The number of anilines is 1. The van der Waals surface area contributed by atoms with Gasteiger partial charge in [0, 0.05) is 11.5 Å². The van der Waals surface area contributed by atoms with E-state index < -0.39 is 4.92 Å². The van der Waals surface area contributed by atoms with Crippen molar-refractivity contribution in [3.63, 3.8) is 0 Å². The molecule has 0 radical (unpaired) electrons. The average Bonchev–Trinajstić information content (AvgIpc) is 2.55. The number of nitro benzene ring substituents is 1. The van der Waals surface area contributed by atoms with Crippen molar-refractivity contribution < 1.29 is 4.92 Å². The van der Waals surface area contributed by atoms with Crippen LogP contribution >= 0.6 is 0 Å². The molecule has 3 aromatic carbocycles. The SMILES string of the molecule is Nc1c(N=Nc2ccccc2)cc([N+](=O)[O-])c2ccccc12. The first-order valence-electron chi connectivity index (χ1n) is 6.59. The molecular weight excluding hydrogens is 280 g/mol. The molecule has 0 saturated carbocycles. The lowest BCUT2D eigenvalue weighted by Crippen LogP contribution is -1.94. The Hall–Kier alpha value is -3.28. The molecule has 2 N–H and O–H groups in total. The fraction of sp³-hybridized carbons (Fsp3) is 0. The quantitative estimate of drug-likeness (QED) is 0.327. The summed E-state index contributed by atoms with van der Waals surface area (Å²) in [7, 11) is 0. The van der Waals surface area contributed by atoms with Gasteiger partial charge in [0.15, 0.2) is 0 Å². The Morgan fingerprint density at radius 3 is 2.23 bits per heavy atom. The van der Waals surface area contributed by atoms with Crippen LogP contribution in [0.4, 0.5) is 22.7 Å². The van der Waals surface area contributed by atoms with Crippen LogP contribution in [0, 0.1) is 10.1 Å². The monoisotopic (exact) mass is 292 g/mol. The van der Waals surface area contributed by atoms with Gasteiger partial charge in [0.2, 0.25) is 0 Å². The zero-order chi connectivity index (χ0) is 15.5. The molecule has 0 aromatic heterocycles. The highest BCUT2D eigenvalue weighted by Gasteiger charge is 2.17. The molecule has 0 aliphatic heterocycles. The highest BCUT2D eigenvalue weighted by atomic mass is 16.6. The van der Waals surface area contributed by atoms with E-state index in [0.29, 0.717) is 22.1 Å². The largest absolute Gasteiger partial charge is 0.396 e. The molecule has 0 fully saturated rings. The van der Waals surface area contributed by atoms with Crippen LogP contribution in [0.25, 0.3) is 10.8 Å². The maximum atomic E-state index is 11.2. The van der Waals surface area contributed by atoms with Gasteiger partial charge in [0.05, 0.1) is 21.7 Å². The average molecular weight is 292 g/mol. The molecule has 0 aliphatic rings. The van der Waals surface area contributed by atoms with Crippen LogP contribution in [0.3, 0.4) is 0 Å². The zero-order valence-electron chi connectivity index (χ0n) is 11.5. The fourth-order valence-electron chi connectivity index (χ4n) is 2.20. The Morgan fingerprint density at radius 1 is 0.909 bits per heavy atom. The van der Waals surface area contributed by atoms with Crippen molar-refractivity contribution in [2.75, 3.05) is 5.73 Å². The minimum atomic E-state index is -0.441. The van der Waals surface area contributed by atoms with Crippen molar-refractivity contribution in [1.82, 2.24) is 0 Å². The number of benzene rings is 3. The van der Waals surface area contributed by atoms with E-state index in [2.05, 4.69) is 10.2 Å². The number of nitrogens with two attached hydrogens (primary N) is 1. The van der Waals surface area contributed by atoms with E-state index in [-0.39, 0.29) is 11.4 Å². The Labute approximate surface area is 126 Å². The molecule has 6 nitrogen and oxygen atoms in total. The maximum Gasteiger partial charge on any atom is 0.279 e. The highest BCUT2D eigenvalue weighted by Crippen LogP contribution is 2.38. The van der Waals surface area contributed by atoms with Crippen LogP contribution in [0.1, 0.15) is 0 Å². The molecule has 22 heavy (non-hydrogen) atoms. The van der Waals surface area contributed by atoms with E-state index in [4.69, 9.17) is 5.73 Å². The van der Waals surface area contributed by atoms with E-state index in [1.807, 2.05) is 18.2 Å². The summed E-state index contributed by atoms with van der Waals surface area (Å²) in [5.41, 5.74) is 7.35. The van der Waals surface area contributed by atoms with Gasteiger partial charge in [-0.05, 0) is 18.2 Å². The summed E-state index contributed by atoms with van der Waals surface area (Å²) in [4.78, 5) is 10.8. The molecule has 3 aromatic rings. The molecule has 6 heteroatoms. The summed E-state index contributed by atoms with van der Waals surface area (Å²) < 4.78 is 0. The van der Waals surface area contributed by atoms with E-state index in [0.717, 1.165) is 0 Å². The fourth-order valence-corrected chi connectivity index (χ4v) is 2.20. The van der Waals surface area contributed by atoms with E-state index >= 15 is 0 Å². The lowest BCUT2D eigenvalue weighted by Gasteiger charge is -2.05. The maximum absolute atomic E-state index is 11.2. The molecule has 0 bridgehead atoms. The summed E-state index contributed by atoms with van der Waals surface area (Å²) in [5.74, 6) is 0. The number of rotatable bonds is 3. The Kier molecular flexibility index (Phi) is 3.49. The molecule has 0 amide bonds. The molecule has 0 saturated heterocycles. The first kappa shape index (κ1) is 13.7. The van der Waals surface area contributed by atoms with Crippen LogP contribution in [0.15, 0.2) is 70.9 Å². The van der Waals surface area contributed by atoms with Gasteiger partial charge < -0.3 is 5.73 Å². The zero-order valence-corrected chi connectivity index (χ0v) is 11.5. The minimum Gasteiger partial charge on any atom is -0.396 e. The normalized spacial score (nSPS) is 11.1. The van der Waals surface area contributed by atoms with Gasteiger partial charge in [0.25, 0.3) is 5.69 Å². The topological polar surface area (TPSA) is 93.9 Å². The van der Waals surface area contributed by atoms with Crippen molar-refractivity contribution in [1.29, 1.82) is 0 Å². The van der Waals surface area contributed by atoms with Gasteiger partial charge in [-0.3, -0.25) is 10.1 Å². The Morgan fingerprint density at radius 2 is 1.55 bits per heavy atom. The van der Waals surface area contributed by atoms with Crippen LogP contribution in [-0.4, -0.2) is 4.92 Å². The smallest absolute Gasteiger partial charge is 0.279 e. The molecule has 0 aliphatic carbocycles. The second kappa shape index (κ2) is 5.61. The Bertz CT molecular complexity index is 876. The van der Waals surface area contributed by atoms with Crippen LogP contribution < -0.4 is 5.73 Å². The van der Waals surface area contributed by atoms with Crippen molar-refractivity contribution in [2.24, 2.45) is 10.2 Å². The molecule has 0 atom stereocenters. The number of non-ortho nitro benzene ring substituents is 1. The third-order valence-corrected chi connectivity index (χ3v) is 3.27. The van der Waals surface area contributed by atoms with Crippen molar-refractivity contribution in [3.8, 4) is 0 Å². The predicted octanol–water partition coefficient (Wildman–Crippen LogP) is 4.75. The lowest BCUT2D eigenvalue weighted by molar-refractivity contribution is -0.383. The summed E-state index contributed by atoms with van der Waals surface area (Å²) in [6.45, 7) is 0. The van der Waals surface area contributed by atoms with Crippen molar-refractivity contribution in [2.45, 2.75) is 0 Å². The van der Waals surface area contributed by atoms with Gasteiger partial charge in [-0.15, -0.1) is 5.11 Å². The molecule has 108 valence electrons. The summed E-state index contributed by atoms with van der Waals surface area (Å²) in [6.07, 6.45) is 0. The molecule has 0 unspecified atom stereocenters. The predicted molar refractivity (Wildman–Crippen MR) is 85.6 cm³/mol. The number of hydrogen-bond donors (Lipinski definition) is 1. The van der Waals surface area contributed by atoms with Gasteiger partial charge >= 0.3 is 0 Å². The number of hydrogen-bond acceptors (Lipinski definition) is 5. The van der Waals surface area contributed by atoms with Gasteiger partial charge in [-0.1, -0.05) is 36.4 Å².